The summed E-state index contributed by atoms with van der Waals surface area (Å²) in [5, 5.41) is 9.15. The Morgan fingerprint density at radius 1 is 1.11 bits per heavy atom. The lowest BCUT2D eigenvalue weighted by molar-refractivity contribution is 0.0697. The van der Waals surface area contributed by atoms with Gasteiger partial charge in [-0.2, -0.15) is 0 Å². The van der Waals surface area contributed by atoms with Gasteiger partial charge in [-0.1, -0.05) is 18.2 Å². The van der Waals surface area contributed by atoms with Gasteiger partial charge in [0.15, 0.2) is 0 Å². The molecule has 0 radical (unpaired) electrons. The predicted octanol–water partition coefficient (Wildman–Crippen LogP) is 3.27. The molecule has 3 rings (SSSR count). The molecule has 0 aliphatic carbocycles. The molecule has 2 aromatic heterocycles. The molecule has 0 amide bonds. The van der Waals surface area contributed by atoms with Crippen LogP contribution in [0, 0.1) is 0 Å². The third-order valence-electron chi connectivity index (χ3n) is 3.93. The van der Waals surface area contributed by atoms with E-state index in [1.165, 1.54) is 18.3 Å². The highest BCUT2D eigenvalue weighted by atomic mass is 16.5. The van der Waals surface area contributed by atoms with Crippen LogP contribution in [0.4, 0.5) is 5.95 Å². The Kier molecular flexibility index (Phi) is 5.61. The average Bonchev–Trinajstić information content (AvgIpc) is 2.70. The fourth-order valence-electron chi connectivity index (χ4n) is 2.64. The second-order valence-corrected chi connectivity index (χ2v) is 5.87. The largest absolute Gasteiger partial charge is 0.494 e. The van der Waals surface area contributed by atoms with Gasteiger partial charge in [-0.25, -0.2) is 14.8 Å². The molecular weight excluding hydrogens is 344 g/mol. The number of aromatic carboxylic acids is 1. The van der Waals surface area contributed by atoms with Gasteiger partial charge in [-0.05, 0) is 31.2 Å². The van der Waals surface area contributed by atoms with Gasteiger partial charge in [-0.3, -0.25) is 4.98 Å². The van der Waals surface area contributed by atoms with E-state index in [9.17, 15) is 4.79 Å². The molecule has 0 spiro atoms. The first-order chi connectivity index (χ1) is 13.1. The normalized spacial score (nSPS) is 10.4. The molecule has 0 fully saturated rings. The number of aromatic nitrogens is 3. The smallest absolute Gasteiger partial charge is 0.335 e. The lowest BCUT2D eigenvalue weighted by Crippen LogP contribution is -2.19. The highest BCUT2D eigenvalue weighted by molar-refractivity contribution is 5.88. The standard InChI is InChI=1S/C20H20N4O3/c1-3-27-18-7-5-4-6-15(18)13-24(2)20-22-11-9-16(23-20)17-12-14(19(25)26)8-10-21-17/h4-12H,3,13H2,1-2H3,(H,25,26). The summed E-state index contributed by atoms with van der Waals surface area (Å²) in [6, 6.07) is 12.5. The maximum absolute atomic E-state index is 11.2. The van der Waals surface area contributed by atoms with Crippen LogP contribution in [0.15, 0.2) is 54.9 Å². The minimum Gasteiger partial charge on any atom is -0.494 e. The van der Waals surface area contributed by atoms with E-state index in [-0.39, 0.29) is 5.56 Å². The van der Waals surface area contributed by atoms with Gasteiger partial charge >= 0.3 is 5.97 Å². The van der Waals surface area contributed by atoms with Crippen molar-refractivity contribution in [2.24, 2.45) is 0 Å². The highest BCUT2D eigenvalue weighted by Crippen LogP contribution is 2.22. The van der Waals surface area contributed by atoms with E-state index < -0.39 is 5.97 Å². The van der Waals surface area contributed by atoms with Gasteiger partial charge in [-0.15, -0.1) is 0 Å². The number of para-hydroxylation sites is 1. The number of benzene rings is 1. The second-order valence-electron chi connectivity index (χ2n) is 5.87. The third-order valence-corrected chi connectivity index (χ3v) is 3.93. The third kappa shape index (κ3) is 4.38. The Bertz CT molecular complexity index is 946. The molecule has 1 N–H and O–H groups in total. The van der Waals surface area contributed by atoms with Crippen LogP contribution in [0.2, 0.25) is 0 Å². The molecule has 0 atom stereocenters. The first kappa shape index (κ1) is 18.3. The number of carboxylic acid groups (broad SMARTS) is 1. The van der Waals surface area contributed by atoms with Crippen molar-refractivity contribution in [3.05, 3.63) is 66.0 Å². The zero-order chi connectivity index (χ0) is 19.2. The van der Waals surface area contributed by atoms with E-state index in [0.717, 1.165) is 11.3 Å². The topological polar surface area (TPSA) is 88.4 Å². The first-order valence-electron chi connectivity index (χ1n) is 8.53. The van der Waals surface area contributed by atoms with Gasteiger partial charge in [0.25, 0.3) is 0 Å². The number of pyridine rings is 1. The molecule has 7 nitrogen and oxygen atoms in total. The first-order valence-corrected chi connectivity index (χ1v) is 8.53. The summed E-state index contributed by atoms with van der Waals surface area (Å²) in [5.41, 5.74) is 2.25. The van der Waals surface area contributed by atoms with Crippen LogP contribution >= 0.6 is 0 Å². The van der Waals surface area contributed by atoms with Crippen molar-refractivity contribution < 1.29 is 14.6 Å². The average molecular weight is 364 g/mol. The molecule has 27 heavy (non-hydrogen) atoms. The molecule has 138 valence electrons. The Balaban J connectivity index is 1.85. The van der Waals surface area contributed by atoms with Crippen molar-refractivity contribution >= 4 is 11.9 Å². The second kappa shape index (κ2) is 8.27. The van der Waals surface area contributed by atoms with Gasteiger partial charge in [0, 0.05) is 31.5 Å². The number of carbonyl (C=O) groups is 1. The molecule has 0 saturated carbocycles. The van der Waals surface area contributed by atoms with E-state index >= 15 is 0 Å². The number of nitrogens with zero attached hydrogens (tertiary/aromatic N) is 4. The quantitative estimate of drug-likeness (QED) is 0.688. The number of carboxylic acids is 1. The van der Waals surface area contributed by atoms with Crippen molar-refractivity contribution in [1.82, 2.24) is 15.0 Å². The number of anilines is 1. The molecular formula is C20H20N4O3. The Hall–Kier alpha value is -3.48. The number of ether oxygens (including phenoxy) is 1. The molecule has 1 aromatic carbocycles. The zero-order valence-electron chi connectivity index (χ0n) is 15.2. The van der Waals surface area contributed by atoms with E-state index in [4.69, 9.17) is 9.84 Å². The van der Waals surface area contributed by atoms with Crippen LogP contribution in [0.25, 0.3) is 11.4 Å². The molecule has 7 heteroatoms. The van der Waals surface area contributed by atoms with E-state index in [0.29, 0.717) is 30.5 Å². The van der Waals surface area contributed by atoms with Gasteiger partial charge in [0.05, 0.1) is 23.6 Å². The summed E-state index contributed by atoms with van der Waals surface area (Å²) in [4.78, 5) is 26.2. The predicted molar refractivity (Wildman–Crippen MR) is 102 cm³/mol. The summed E-state index contributed by atoms with van der Waals surface area (Å²) in [5.74, 6) is 0.345. The monoisotopic (exact) mass is 364 g/mol. The van der Waals surface area contributed by atoms with Crippen LogP contribution in [-0.4, -0.2) is 39.7 Å². The van der Waals surface area contributed by atoms with Crippen molar-refractivity contribution in [2.45, 2.75) is 13.5 Å². The summed E-state index contributed by atoms with van der Waals surface area (Å²) >= 11 is 0. The summed E-state index contributed by atoms with van der Waals surface area (Å²) < 4.78 is 5.67. The minimum absolute atomic E-state index is 0.166. The van der Waals surface area contributed by atoms with Crippen LogP contribution in [0.3, 0.4) is 0 Å². The lowest BCUT2D eigenvalue weighted by atomic mass is 10.2. The molecule has 0 aliphatic heterocycles. The van der Waals surface area contributed by atoms with Crippen molar-refractivity contribution in [3.63, 3.8) is 0 Å². The molecule has 3 aromatic rings. The summed E-state index contributed by atoms with van der Waals surface area (Å²) in [6.45, 7) is 3.12. The van der Waals surface area contributed by atoms with Crippen LogP contribution in [0.1, 0.15) is 22.8 Å². The van der Waals surface area contributed by atoms with Crippen LogP contribution in [0.5, 0.6) is 5.75 Å². The van der Waals surface area contributed by atoms with Crippen LogP contribution in [-0.2, 0) is 6.54 Å². The van der Waals surface area contributed by atoms with Crippen molar-refractivity contribution in [2.75, 3.05) is 18.6 Å². The fourth-order valence-corrected chi connectivity index (χ4v) is 2.64. The lowest BCUT2D eigenvalue weighted by Gasteiger charge is -2.19. The SMILES string of the molecule is CCOc1ccccc1CN(C)c1nccc(-c2cc(C(=O)O)ccn2)n1. The molecule has 0 saturated heterocycles. The number of hydrogen-bond acceptors (Lipinski definition) is 6. The van der Waals surface area contributed by atoms with Gasteiger partial charge in [0.1, 0.15) is 5.75 Å². The molecule has 0 aliphatic rings. The van der Waals surface area contributed by atoms with Crippen molar-refractivity contribution in [3.8, 4) is 17.1 Å². The van der Waals surface area contributed by atoms with Gasteiger partial charge < -0.3 is 14.7 Å². The van der Waals surface area contributed by atoms with E-state index in [1.807, 2.05) is 43.1 Å². The zero-order valence-corrected chi connectivity index (χ0v) is 15.2. The minimum atomic E-state index is -1.00. The van der Waals surface area contributed by atoms with E-state index in [2.05, 4.69) is 15.0 Å². The van der Waals surface area contributed by atoms with Crippen LogP contribution < -0.4 is 9.64 Å². The number of rotatable bonds is 7. The van der Waals surface area contributed by atoms with Crippen molar-refractivity contribution in [1.29, 1.82) is 0 Å². The van der Waals surface area contributed by atoms with Gasteiger partial charge in [0.2, 0.25) is 5.95 Å². The summed E-state index contributed by atoms with van der Waals surface area (Å²) in [6.07, 6.45) is 3.10. The Labute approximate surface area is 157 Å². The maximum atomic E-state index is 11.2. The number of hydrogen-bond donors (Lipinski definition) is 1. The molecule has 0 unspecified atom stereocenters. The maximum Gasteiger partial charge on any atom is 0.335 e. The molecule has 0 bridgehead atoms. The highest BCUT2D eigenvalue weighted by Gasteiger charge is 2.12. The molecule has 2 heterocycles. The summed E-state index contributed by atoms with van der Waals surface area (Å²) in [7, 11) is 1.89. The Morgan fingerprint density at radius 2 is 1.89 bits per heavy atom. The fraction of sp³-hybridized carbons (Fsp3) is 0.200. The Morgan fingerprint density at radius 3 is 2.67 bits per heavy atom. The van der Waals surface area contributed by atoms with E-state index in [1.54, 1.807) is 12.3 Å².